The van der Waals surface area contributed by atoms with E-state index in [2.05, 4.69) is 5.32 Å². The Balaban J connectivity index is 1.39. The van der Waals surface area contributed by atoms with Crippen LogP contribution in [0.4, 0.5) is 14.9 Å². The van der Waals surface area contributed by atoms with Crippen LogP contribution in [0.25, 0.3) is 0 Å². The molecular weight excluding hydrogens is 335 g/mol. The number of para-hydroxylation sites is 1. The van der Waals surface area contributed by atoms with Crippen LogP contribution >= 0.6 is 0 Å². The van der Waals surface area contributed by atoms with Crippen LogP contribution < -0.4 is 10.2 Å². The van der Waals surface area contributed by atoms with Crippen LogP contribution in [0, 0.1) is 5.82 Å². The van der Waals surface area contributed by atoms with Gasteiger partial charge in [-0.15, -0.1) is 0 Å². The third-order valence-electron chi connectivity index (χ3n) is 5.01. The van der Waals surface area contributed by atoms with Gasteiger partial charge in [0, 0.05) is 11.3 Å². The van der Waals surface area contributed by atoms with E-state index in [0.717, 1.165) is 5.69 Å². The summed E-state index contributed by atoms with van der Waals surface area (Å²) < 4.78 is 19.4. The number of hydrogen-bond acceptors (Lipinski definition) is 3. The van der Waals surface area contributed by atoms with E-state index in [1.165, 1.54) is 6.07 Å². The molecular formula is C20H19FN2O3. The number of anilines is 1. The maximum atomic E-state index is 14.1. The van der Waals surface area contributed by atoms with E-state index in [1.54, 1.807) is 23.1 Å². The standard InChI is InChI=1S/C20H19FN2O3/c21-17-9-5-4-8-16(17)20(10-11-20)18(24)22-12-15-13-23(19(25)26-15)14-6-2-1-3-7-14/h1-9,15H,10-13H2,(H,22,24). The fourth-order valence-electron chi connectivity index (χ4n) is 3.42. The SMILES string of the molecule is O=C1OC(CNC(=O)C2(c3ccccc3F)CC2)CN1c1ccccc1. The monoisotopic (exact) mass is 354 g/mol. The van der Waals surface area contributed by atoms with Gasteiger partial charge in [-0.2, -0.15) is 0 Å². The van der Waals surface area contributed by atoms with Crippen molar-refractivity contribution in [2.75, 3.05) is 18.0 Å². The molecule has 2 amide bonds. The van der Waals surface area contributed by atoms with Crippen molar-refractivity contribution in [3.63, 3.8) is 0 Å². The molecule has 1 aliphatic heterocycles. The van der Waals surface area contributed by atoms with Crippen molar-refractivity contribution < 1.29 is 18.7 Å². The largest absolute Gasteiger partial charge is 0.442 e. The molecule has 134 valence electrons. The molecule has 2 aliphatic rings. The maximum Gasteiger partial charge on any atom is 0.414 e. The van der Waals surface area contributed by atoms with Crippen LogP contribution in [-0.4, -0.2) is 31.2 Å². The molecule has 4 rings (SSSR count). The first-order chi connectivity index (χ1) is 12.6. The fourth-order valence-corrected chi connectivity index (χ4v) is 3.42. The predicted octanol–water partition coefficient (Wildman–Crippen LogP) is 3.00. The average Bonchev–Trinajstić information content (AvgIpc) is 3.38. The molecule has 2 aromatic carbocycles. The second-order valence-corrected chi connectivity index (χ2v) is 6.72. The lowest BCUT2D eigenvalue weighted by Crippen LogP contribution is -2.40. The van der Waals surface area contributed by atoms with Crippen LogP contribution in [0.5, 0.6) is 0 Å². The zero-order valence-corrected chi connectivity index (χ0v) is 14.2. The molecule has 5 nitrogen and oxygen atoms in total. The highest BCUT2D eigenvalue weighted by molar-refractivity contribution is 5.92. The van der Waals surface area contributed by atoms with Crippen LogP contribution in [0.3, 0.4) is 0 Å². The topological polar surface area (TPSA) is 58.6 Å². The van der Waals surface area contributed by atoms with Gasteiger partial charge < -0.3 is 10.1 Å². The number of halogens is 1. The minimum Gasteiger partial charge on any atom is -0.442 e. The Morgan fingerprint density at radius 2 is 1.85 bits per heavy atom. The first-order valence-corrected chi connectivity index (χ1v) is 8.67. The Morgan fingerprint density at radius 3 is 2.54 bits per heavy atom. The van der Waals surface area contributed by atoms with Crippen molar-refractivity contribution in [1.82, 2.24) is 5.32 Å². The molecule has 6 heteroatoms. The molecule has 1 atom stereocenters. The maximum absolute atomic E-state index is 14.1. The number of benzene rings is 2. The molecule has 1 aliphatic carbocycles. The van der Waals surface area contributed by atoms with Crippen molar-refractivity contribution in [1.29, 1.82) is 0 Å². The summed E-state index contributed by atoms with van der Waals surface area (Å²) in [7, 11) is 0. The number of carbonyl (C=O) groups excluding carboxylic acids is 2. The first-order valence-electron chi connectivity index (χ1n) is 8.67. The Morgan fingerprint density at radius 1 is 1.15 bits per heavy atom. The normalized spacial score (nSPS) is 20.6. The molecule has 26 heavy (non-hydrogen) atoms. The minimum absolute atomic E-state index is 0.211. The van der Waals surface area contributed by atoms with Gasteiger partial charge in [0.25, 0.3) is 0 Å². The minimum atomic E-state index is -0.785. The quantitative estimate of drug-likeness (QED) is 0.898. The van der Waals surface area contributed by atoms with Crippen molar-refractivity contribution in [2.24, 2.45) is 0 Å². The molecule has 2 fully saturated rings. The second kappa shape index (κ2) is 6.44. The summed E-state index contributed by atoms with van der Waals surface area (Å²) in [4.78, 5) is 26.2. The molecule has 2 aromatic rings. The molecule has 1 unspecified atom stereocenters. The van der Waals surface area contributed by atoms with Gasteiger partial charge in [0.15, 0.2) is 0 Å². The van der Waals surface area contributed by atoms with Crippen molar-refractivity contribution in [3.05, 3.63) is 66.0 Å². The molecule has 1 N–H and O–H groups in total. The zero-order valence-electron chi connectivity index (χ0n) is 14.2. The van der Waals surface area contributed by atoms with E-state index in [0.29, 0.717) is 24.9 Å². The van der Waals surface area contributed by atoms with Crippen LogP contribution in [-0.2, 0) is 14.9 Å². The molecule has 0 radical (unpaired) electrons. The number of hydrogen-bond donors (Lipinski definition) is 1. The van der Waals surface area contributed by atoms with E-state index < -0.39 is 17.6 Å². The smallest absolute Gasteiger partial charge is 0.414 e. The van der Waals surface area contributed by atoms with Gasteiger partial charge in [0.2, 0.25) is 5.91 Å². The van der Waals surface area contributed by atoms with Gasteiger partial charge in [-0.05, 0) is 31.0 Å². The van der Waals surface area contributed by atoms with E-state index in [-0.39, 0.29) is 18.3 Å². The Bertz CT molecular complexity index is 836. The second-order valence-electron chi connectivity index (χ2n) is 6.72. The highest BCUT2D eigenvalue weighted by Crippen LogP contribution is 2.49. The number of ether oxygens (including phenoxy) is 1. The Kier molecular flexibility index (Phi) is 4.11. The van der Waals surface area contributed by atoms with Crippen molar-refractivity contribution in [2.45, 2.75) is 24.4 Å². The summed E-state index contributed by atoms with van der Waals surface area (Å²) in [6, 6.07) is 15.6. The molecule has 1 saturated carbocycles. The van der Waals surface area contributed by atoms with E-state index in [9.17, 15) is 14.0 Å². The number of carbonyl (C=O) groups is 2. The van der Waals surface area contributed by atoms with E-state index in [1.807, 2.05) is 30.3 Å². The van der Waals surface area contributed by atoms with Gasteiger partial charge in [-0.25, -0.2) is 9.18 Å². The summed E-state index contributed by atoms with van der Waals surface area (Å²) in [5.74, 6) is -0.570. The fraction of sp³-hybridized carbons (Fsp3) is 0.300. The van der Waals surface area contributed by atoms with E-state index >= 15 is 0 Å². The van der Waals surface area contributed by atoms with E-state index in [4.69, 9.17) is 4.74 Å². The lowest BCUT2D eigenvalue weighted by Gasteiger charge is -2.18. The van der Waals surface area contributed by atoms with Gasteiger partial charge in [0.05, 0.1) is 18.5 Å². The van der Waals surface area contributed by atoms with Gasteiger partial charge in [-0.3, -0.25) is 9.69 Å². The Labute approximate surface area is 150 Å². The highest BCUT2D eigenvalue weighted by Gasteiger charge is 2.52. The third-order valence-corrected chi connectivity index (χ3v) is 5.01. The molecule has 0 bridgehead atoms. The summed E-state index contributed by atoms with van der Waals surface area (Å²) >= 11 is 0. The molecule has 1 saturated heterocycles. The summed E-state index contributed by atoms with van der Waals surface area (Å²) in [6.45, 7) is 0.583. The number of nitrogens with zero attached hydrogens (tertiary/aromatic N) is 1. The Hall–Kier alpha value is -2.89. The number of rotatable bonds is 5. The lowest BCUT2D eigenvalue weighted by atomic mass is 9.94. The van der Waals surface area contributed by atoms with Crippen molar-refractivity contribution in [3.8, 4) is 0 Å². The van der Waals surface area contributed by atoms with Crippen LogP contribution in [0.15, 0.2) is 54.6 Å². The molecule has 0 aromatic heterocycles. The highest BCUT2D eigenvalue weighted by atomic mass is 19.1. The number of nitrogens with one attached hydrogen (secondary N) is 1. The zero-order chi connectivity index (χ0) is 18.1. The number of cyclic esters (lactones) is 1. The average molecular weight is 354 g/mol. The van der Waals surface area contributed by atoms with Gasteiger partial charge in [-0.1, -0.05) is 36.4 Å². The summed E-state index contributed by atoms with van der Waals surface area (Å²) in [5, 5.41) is 2.84. The van der Waals surface area contributed by atoms with Crippen LogP contribution in [0.1, 0.15) is 18.4 Å². The molecule has 0 spiro atoms. The van der Waals surface area contributed by atoms with Gasteiger partial charge >= 0.3 is 6.09 Å². The molecule has 1 heterocycles. The summed E-state index contributed by atoms with van der Waals surface area (Å²) in [5.41, 5.74) is 0.413. The first kappa shape index (κ1) is 16.6. The lowest BCUT2D eigenvalue weighted by molar-refractivity contribution is -0.124. The van der Waals surface area contributed by atoms with Crippen LogP contribution in [0.2, 0.25) is 0 Å². The third kappa shape index (κ3) is 2.92. The van der Waals surface area contributed by atoms with Crippen molar-refractivity contribution >= 4 is 17.7 Å². The predicted molar refractivity (Wildman–Crippen MR) is 94.4 cm³/mol. The van der Waals surface area contributed by atoms with Gasteiger partial charge in [0.1, 0.15) is 11.9 Å². The number of amides is 2. The summed E-state index contributed by atoms with van der Waals surface area (Å²) in [6.07, 6.45) is 0.398.